The first-order chi connectivity index (χ1) is 15.8. The highest BCUT2D eigenvalue weighted by Crippen LogP contribution is 2.37. The van der Waals surface area contributed by atoms with Crippen molar-refractivity contribution in [2.24, 2.45) is 0 Å². The van der Waals surface area contributed by atoms with Crippen LogP contribution in [0.4, 0.5) is 4.39 Å². The van der Waals surface area contributed by atoms with E-state index in [1.165, 1.54) is 19.2 Å². The largest absolute Gasteiger partial charge is 0.325 e. The molecule has 7 nitrogen and oxygen atoms in total. The van der Waals surface area contributed by atoms with Crippen LogP contribution >= 0.6 is 0 Å². The minimum absolute atomic E-state index is 0.0885. The van der Waals surface area contributed by atoms with Crippen molar-refractivity contribution >= 4 is 15.6 Å². The maximum atomic E-state index is 14.7. The number of allylic oxidation sites excluding steroid dienone is 2. The molecular weight excluding hydrogens is 445 g/mol. The number of halogens is 1. The minimum atomic E-state index is -3.73. The summed E-state index contributed by atoms with van der Waals surface area (Å²) in [7, 11) is -2.45. The molecule has 1 aliphatic rings. The fourth-order valence-corrected chi connectivity index (χ4v) is 4.98. The highest BCUT2D eigenvalue weighted by atomic mass is 32.2. The maximum absolute atomic E-state index is 14.7. The van der Waals surface area contributed by atoms with Gasteiger partial charge in [0.2, 0.25) is 10.0 Å². The van der Waals surface area contributed by atoms with Gasteiger partial charge in [0.15, 0.2) is 0 Å². The van der Waals surface area contributed by atoms with Gasteiger partial charge in [0.1, 0.15) is 5.82 Å². The molecule has 1 heterocycles. The smallest absolute Gasteiger partial charge is 0.311 e. The Kier molecular flexibility index (Phi) is 6.44. The maximum Gasteiger partial charge on any atom is 0.325 e. The lowest BCUT2D eigenvalue weighted by molar-refractivity contribution is 0.579. The normalized spacial score (nSPS) is 16.4. The first kappa shape index (κ1) is 22.9. The lowest BCUT2D eigenvalue weighted by atomic mass is 9.83. The fraction of sp³-hybridized carbons (Fsp3) is 0.250. The summed E-state index contributed by atoms with van der Waals surface area (Å²) in [6.07, 6.45) is 3.95. The number of benzene rings is 2. The third kappa shape index (κ3) is 4.89. The predicted octanol–water partition coefficient (Wildman–Crippen LogP) is 3.05. The molecule has 3 N–H and O–H groups in total. The zero-order valence-corrected chi connectivity index (χ0v) is 18.8. The van der Waals surface area contributed by atoms with Crippen LogP contribution in [0.1, 0.15) is 47.6 Å². The molecule has 2 aromatic carbocycles. The van der Waals surface area contributed by atoms with Crippen LogP contribution in [-0.4, -0.2) is 25.4 Å². The van der Waals surface area contributed by atoms with E-state index in [-0.39, 0.29) is 10.8 Å². The number of H-pyrrole nitrogens is 2. The molecule has 0 radical (unpaired) electrons. The van der Waals surface area contributed by atoms with Gasteiger partial charge in [-0.05, 0) is 49.6 Å². The van der Waals surface area contributed by atoms with Crippen molar-refractivity contribution in [3.8, 4) is 0 Å². The van der Waals surface area contributed by atoms with E-state index in [4.69, 9.17) is 0 Å². The van der Waals surface area contributed by atoms with Crippen LogP contribution in [0.5, 0.6) is 0 Å². The zero-order chi connectivity index (χ0) is 23.6. The summed E-state index contributed by atoms with van der Waals surface area (Å²) in [4.78, 5) is 29.6. The molecule has 33 heavy (non-hydrogen) atoms. The Balaban J connectivity index is 1.62. The number of hydrogen-bond donors (Lipinski definition) is 3. The summed E-state index contributed by atoms with van der Waals surface area (Å²) >= 11 is 0. The number of nitrogens with one attached hydrogen (secondary N) is 3. The molecule has 9 heteroatoms. The molecule has 172 valence electrons. The van der Waals surface area contributed by atoms with Gasteiger partial charge in [0.25, 0.3) is 5.56 Å². The zero-order valence-electron chi connectivity index (χ0n) is 18.0. The number of aromatic nitrogens is 2. The monoisotopic (exact) mass is 469 g/mol. The van der Waals surface area contributed by atoms with Crippen LogP contribution in [0, 0.1) is 5.82 Å². The second-order valence-electron chi connectivity index (χ2n) is 8.01. The Hall–Kier alpha value is -3.30. The van der Waals surface area contributed by atoms with E-state index in [0.29, 0.717) is 42.5 Å². The molecule has 4 rings (SSSR count). The van der Waals surface area contributed by atoms with Gasteiger partial charge in [-0.25, -0.2) is 22.3 Å². The highest BCUT2D eigenvalue weighted by Gasteiger charge is 2.24. The lowest BCUT2D eigenvalue weighted by Crippen LogP contribution is -2.30. The van der Waals surface area contributed by atoms with Crippen LogP contribution < -0.4 is 16.0 Å². The van der Waals surface area contributed by atoms with Gasteiger partial charge < -0.3 is 4.98 Å². The first-order valence-electron chi connectivity index (χ1n) is 10.6. The second-order valence-corrected chi connectivity index (χ2v) is 9.90. The third-order valence-electron chi connectivity index (χ3n) is 5.98. The molecule has 0 saturated heterocycles. The van der Waals surface area contributed by atoms with Gasteiger partial charge in [-0.15, -0.1) is 0 Å². The van der Waals surface area contributed by atoms with E-state index in [2.05, 4.69) is 14.7 Å². The molecule has 0 spiro atoms. The van der Waals surface area contributed by atoms with E-state index >= 15 is 0 Å². The molecule has 0 fully saturated rings. The van der Waals surface area contributed by atoms with Crippen LogP contribution in [0.25, 0.3) is 5.57 Å². The Bertz CT molecular complexity index is 1430. The van der Waals surface area contributed by atoms with Crippen LogP contribution in [0.3, 0.4) is 0 Å². The standard InChI is InChI=1S/C24H24FN3O4S/c1-26-33(31,32)18-11-12-19(21(25)14-18)16-7-9-17(10-8-16)22-20(23(29)28-24(30)27-22)13-15-5-3-2-4-6-15/h2-7,11-12,14,17,26H,8-10,13H2,1H3,(H2,27,28,29,30). The Labute approximate surface area is 190 Å². The fourth-order valence-electron chi connectivity index (χ4n) is 4.24. The van der Waals surface area contributed by atoms with Gasteiger partial charge in [-0.1, -0.05) is 42.5 Å². The molecule has 1 unspecified atom stereocenters. The predicted molar refractivity (Wildman–Crippen MR) is 124 cm³/mol. The molecule has 3 aromatic rings. The number of rotatable bonds is 6. The number of hydrogen-bond acceptors (Lipinski definition) is 4. The van der Waals surface area contributed by atoms with Crippen molar-refractivity contribution in [3.05, 3.63) is 104 Å². The van der Waals surface area contributed by atoms with Gasteiger partial charge >= 0.3 is 5.69 Å². The summed E-state index contributed by atoms with van der Waals surface area (Å²) in [5.41, 5.74) is 2.27. The van der Waals surface area contributed by atoms with Crippen LogP contribution in [0.2, 0.25) is 0 Å². The minimum Gasteiger partial charge on any atom is -0.311 e. The van der Waals surface area contributed by atoms with E-state index in [1.54, 1.807) is 0 Å². The van der Waals surface area contributed by atoms with E-state index in [0.717, 1.165) is 17.2 Å². The van der Waals surface area contributed by atoms with Crippen LogP contribution in [-0.2, 0) is 16.4 Å². The van der Waals surface area contributed by atoms with Crippen LogP contribution in [0.15, 0.2) is 69.1 Å². The van der Waals surface area contributed by atoms with Gasteiger partial charge in [-0.2, -0.15) is 0 Å². The van der Waals surface area contributed by atoms with Crippen molar-refractivity contribution in [2.75, 3.05) is 7.05 Å². The molecule has 0 bridgehead atoms. The first-order valence-corrected chi connectivity index (χ1v) is 12.1. The van der Waals surface area contributed by atoms with E-state index in [9.17, 15) is 22.4 Å². The van der Waals surface area contributed by atoms with Crippen molar-refractivity contribution in [1.29, 1.82) is 0 Å². The second kappa shape index (κ2) is 9.29. The Morgan fingerprint density at radius 2 is 1.85 bits per heavy atom. The van der Waals surface area contributed by atoms with Gasteiger partial charge in [-0.3, -0.25) is 9.78 Å². The van der Waals surface area contributed by atoms with Crippen molar-refractivity contribution in [3.63, 3.8) is 0 Å². The molecule has 0 amide bonds. The van der Waals surface area contributed by atoms with Gasteiger partial charge in [0.05, 0.1) is 4.90 Å². The summed E-state index contributed by atoms with van der Waals surface area (Å²) in [6, 6.07) is 13.4. The van der Waals surface area contributed by atoms with Gasteiger partial charge in [0, 0.05) is 29.2 Å². The molecule has 1 atom stereocenters. The number of sulfonamides is 1. The summed E-state index contributed by atoms with van der Waals surface area (Å²) in [5, 5.41) is 0. The van der Waals surface area contributed by atoms with Crippen molar-refractivity contribution in [1.82, 2.24) is 14.7 Å². The highest BCUT2D eigenvalue weighted by molar-refractivity contribution is 7.89. The van der Waals surface area contributed by atoms with Crippen molar-refractivity contribution in [2.45, 2.75) is 36.5 Å². The SMILES string of the molecule is CNS(=O)(=O)c1ccc(C2=CCC(c3[nH]c(=O)[nH]c(=O)c3Cc3ccccc3)CC2)c(F)c1. The molecule has 0 saturated carbocycles. The summed E-state index contributed by atoms with van der Waals surface area (Å²) in [5.74, 6) is -0.695. The topological polar surface area (TPSA) is 112 Å². The average molecular weight is 470 g/mol. The van der Waals surface area contributed by atoms with Crippen molar-refractivity contribution < 1.29 is 12.8 Å². The van der Waals surface area contributed by atoms with E-state index < -0.39 is 27.1 Å². The Morgan fingerprint density at radius 1 is 1.09 bits per heavy atom. The third-order valence-corrected chi connectivity index (χ3v) is 7.39. The Morgan fingerprint density at radius 3 is 2.48 bits per heavy atom. The lowest BCUT2D eigenvalue weighted by Gasteiger charge is -2.24. The molecule has 0 aliphatic heterocycles. The molecular formula is C24H24FN3O4S. The molecule has 1 aromatic heterocycles. The average Bonchev–Trinajstić information content (AvgIpc) is 2.81. The number of aromatic amines is 2. The van der Waals surface area contributed by atoms with E-state index in [1.807, 2.05) is 36.4 Å². The summed E-state index contributed by atoms with van der Waals surface area (Å²) < 4.78 is 40.7. The summed E-state index contributed by atoms with van der Waals surface area (Å²) in [6.45, 7) is 0. The molecule has 1 aliphatic carbocycles. The quantitative estimate of drug-likeness (QED) is 0.515.